The van der Waals surface area contributed by atoms with Crippen LogP contribution in [-0.4, -0.2) is 38.8 Å². The van der Waals surface area contributed by atoms with Crippen LogP contribution < -0.4 is 5.32 Å². The molecule has 1 aromatic carbocycles. The highest BCUT2D eigenvalue weighted by Crippen LogP contribution is 2.14. The van der Waals surface area contributed by atoms with E-state index in [1.54, 1.807) is 17.0 Å². The van der Waals surface area contributed by atoms with Gasteiger partial charge in [0, 0.05) is 37.0 Å². The fourth-order valence-electron chi connectivity index (χ4n) is 2.44. The van der Waals surface area contributed by atoms with Crippen molar-refractivity contribution >= 4 is 23.5 Å². The molecule has 0 aliphatic heterocycles. The molecule has 0 spiro atoms. The minimum atomic E-state index is -1.19. The van der Waals surface area contributed by atoms with E-state index >= 15 is 0 Å². The summed E-state index contributed by atoms with van der Waals surface area (Å²) in [7, 11) is 0. The van der Waals surface area contributed by atoms with Crippen LogP contribution in [0, 0.1) is 0 Å². The average Bonchev–Trinajstić information content (AvgIpc) is 2.60. The zero-order valence-electron chi connectivity index (χ0n) is 14.9. The lowest BCUT2D eigenvalue weighted by atomic mass is 10.1. The molecule has 26 heavy (non-hydrogen) atoms. The molecule has 1 aromatic heterocycles. The highest BCUT2D eigenvalue weighted by Gasteiger charge is 2.14. The molecule has 0 saturated heterocycles. The van der Waals surface area contributed by atoms with Crippen molar-refractivity contribution in [3.63, 3.8) is 0 Å². The van der Waals surface area contributed by atoms with Crippen LogP contribution in [0.2, 0.25) is 0 Å². The number of hydrogen-bond acceptors (Lipinski definition) is 4. The Morgan fingerprint density at radius 1 is 1.15 bits per heavy atom. The van der Waals surface area contributed by atoms with E-state index in [-0.39, 0.29) is 23.2 Å². The van der Waals surface area contributed by atoms with Crippen molar-refractivity contribution in [3.8, 4) is 0 Å². The summed E-state index contributed by atoms with van der Waals surface area (Å²) in [5, 5.41) is 11.6. The summed E-state index contributed by atoms with van der Waals surface area (Å²) in [4.78, 5) is 40.3. The van der Waals surface area contributed by atoms with Crippen LogP contribution in [0.1, 0.15) is 47.2 Å². The van der Waals surface area contributed by atoms with Gasteiger partial charge in [0.05, 0.1) is 0 Å². The van der Waals surface area contributed by atoms with Crippen molar-refractivity contribution in [2.24, 2.45) is 0 Å². The molecule has 0 bridgehead atoms. The third-order valence-corrected chi connectivity index (χ3v) is 3.83. The Morgan fingerprint density at radius 2 is 1.81 bits per heavy atom. The Bertz CT molecular complexity index is 816. The van der Waals surface area contributed by atoms with E-state index in [1.807, 2.05) is 26.0 Å². The average molecular weight is 355 g/mol. The summed E-state index contributed by atoms with van der Waals surface area (Å²) in [5.74, 6) is -1.61. The van der Waals surface area contributed by atoms with E-state index < -0.39 is 11.9 Å². The number of aromatic carboxylic acids is 1. The number of carboxylic acids is 1. The van der Waals surface area contributed by atoms with Gasteiger partial charge in [-0.25, -0.2) is 9.78 Å². The first-order valence-electron chi connectivity index (χ1n) is 8.14. The smallest absolute Gasteiger partial charge is 0.354 e. The number of pyridine rings is 1. The van der Waals surface area contributed by atoms with Crippen molar-refractivity contribution in [1.29, 1.82) is 0 Å². The van der Waals surface area contributed by atoms with E-state index in [1.165, 1.54) is 25.3 Å². The number of rotatable bonds is 6. The van der Waals surface area contributed by atoms with E-state index in [0.29, 0.717) is 12.2 Å². The molecular weight excluding hydrogens is 334 g/mol. The zero-order chi connectivity index (χ0) is 19.3. The van der Waals surface area contributed by atoms with Gasteiger partial charge in [0.15, 0.2) is 0 Å². The van der Waals surface area contributed by atoms with Gasteiger partial charge < -0.3 is 15.3 Å². The molecule has 0 radical (unpaired) electrons. The van der Waals surface area contributed by atoms with Crippen LogP contribution >= 0.6 is 0 Å². The molecule has 0 fully saturated rings. The summed E-state index contributed by atoms with van der Waals surface area (Å²) < 4.78 is 0. The van der Waals surface area contributed by atoms with Crippen molar-refractivity contribution in [3.05, 3.63) is 59.4 Å². The number of carbonyl (C=O) groups excluding carboxylic acids is 2. The molecular formula is C19H21N3O4. The quantitative estimate of drug-likeness (QED) is 0.830. The Labute approximate surface area is 151 Å². The number of aromatic nitrogens is 1. The number of nitrogens with one attached hydrogen (secondary N) is 1. The monoisotopic (exact) mass is 355 g/mol. The molecule has 136 valence electrons. The Hall–Kier alpha value is -3.22. The maximum atomic E-state index is 12.2. The fraction of sp³-hybridized carbons (Fsp3) is 0.263. The van der Waals surface area contributed by atoms with Crippen LogP contribution in [0.4, 0.5) is 5.69 Å². The van der Waals surface area contributed by atoms with E-state index in [9.17, 15) is 14.4 Å². The van der Waals surface area contributed by atoms with Gasteiger partial charge in [0.25, 0.3) is 5.91 Å². The van der Waals surface area contributed by atoms with Gasteiger partial charge in [0.1, 0.15) is 5.69 Å². The minimum Gasteiger partial charge on any atom is -0.477 e. The zero-order valence-corrected chi connectivity index (χ0v) is 14.9. The second-order valence-electron chi connectivity index (χ2n) is 6.13. The molecule has 1 heterocycles. The summed E-state index contributed by atoms with van der Waals surface area (Å²) >= 11 is 0. The predicted molar refractivity (Wildman–Crippen MR) is 97.0 cm³/mol. The van der Waals surface area contributed by atoms with Crippen LogP contribution in [0.5, 0.6) is 0 Å². The second-order valence-corrected chi connectivity index (χ2v) is 6.13. The van der Waals surface area contributed by atoms with Crippen LogP contribution in [-0.2, 0) is 11.3 Å². The molecule has 0 unspecified atom stereocenters. The Morgan fingerprint density at radius 3 is 2.35 bits per heavy atom. The maximum Gasteiger partial charge on any atom is 0.354 e. The lowest BCUT2D eigenvalue weighted by Crippen LogP contribution is -2.34. The van der Waals surface area contributed by atoms with Gasteiger partial charge in [-0.2, -0.15) is 0 Å². The second kappa shape index (κ2) is 8.24. The third kappa shape index (κ3) is 4.89. The maximum absolute atomic E-state index is 12.2. The summed E-state index contributed by atoms with van der Waals surface area (Å²) in [6.07, 6.45) is 1.28. The molecule has 0 aliphatic carbocycles. The van der Waals surface area contributed by atoms with Crippen molar-refractivity contribution in [2.75, 3.05) is 5.32 Å². The first kappa shape index (κ1) is 19.1. The van der Waals surface area contributed by atoms with Crippen LogP contribution in [0.3, 0.4) is 0 Å². The van der Waals surface area contributed by atoms with Crippen molar-refractivity contribution in [1.82, 2.24) is 9.88 Å². The molecule has 7 nitrogen and oxygen atoms in total. The molecule has 0 aliphatic rings. The number of amides is 2. The summed E-state index contributed by atoms with van der Waals surface area (Å²) in [6.45, 7) is 5.94. The molecule has 2 rings (SSSR count). The summed E-state index contributed by atoms with van der Waals surface area (Å²) in [6, 6.07) is 9.92. The lowest BCUT2D eigenvalue weighted by Gasteiger charge is -2.25. The molecule has 2 amide bonds. The molecule has 7 heteroatoms. The van der Waals surface area contributed by atoms with Gasteiger partial charge in [-0.15, -0.1) is 0 Å². The molecule has 0 saturated carbocycles. The SMILES string of the molecule is CC(=O)N(Cc1ccc(NC(=O)c2ccnc(C(=O)O)c2)cc1)C(C)C. The van der Waals surface area contributed by atoms with Crippen LogP contribution in [0.25, 0.3) is 0 Å². The Balaban J connectivity index is 2.07. The Kier molecular flexibility index (Phi) is 6.06. The largest absolute Gasteiger partial charge is 0.477 e. The third-order valence-electron chi connectivity index (χ3n) is 3.83. The first-order valence-corrected chi connectivity index (χ1v) is 8.14. The van der Waals surface area contributed by atoms with Gasteiger partial charge in [-0.1, -0.05) is 12.1 Å². The van der Waals surface area contributed by atoms with Gasteiger partial charge in [-0.3, -0.25) is 9.59 Å². The van der Waals surface area contributed by atoms with E-state index in [0.717, 1.165) is 5.56 Å². The number of hydrogen-bond donors (Lipinski definition) is 2. The molecule has 2 N–H and O–H groups in total. The lowest BCUT2D eigenvalue weighted by molar-refractivity contribution is -0.131. The minimum absolute atomic E-state index is 0.00398. The highest BCUT2D eigenvalue weighted by molar-refractivity contribution is 6.05. The molecule has 0 atom stereocenters. The highest BCUT2D eigenvalue weighted by atomic mass is 16.4. The number of anilines is 1. The topological polar surface area (TPSA) is 99.6 Å². The number of carboxylic acid groups (broad SMARTS) is 1. The normalized spacial score (nSPS) is 10.5. The van der Waals surface area contributed by atoms with Crippen molar-refractivity contribution < 1.29 is 19.5 Å². The van der Waals surface area contributed by atoms with Crippen molar-refractivity contribution in [2.45, 2.75) is 33.4 Å². The fourth-order valence-corrected chi connectivity index (χ4v) is 2.44. The number of carbonyl (C=O) groups is 3. The number of nitrogens with zero attached hydrogens (tertiary/aromatic N) is 2. The van der Waals surface area contributed by atoms with E-state index in [2.05, 4.69) is 10.3 Å². The predicted octanol–water partition coefficient (Wildman–Crippen LogP) is 2.79. The van der Waals surface area contributed by atoms with Gasteiger partial charge >= 0.3 is 5.97 Å². The summed E-state index contributed by atoms with van der Waals surface area (Å²) in [5.41, 5.74) is 1.55. The number of benzene rings is 1. The van der Waals surface area contributed by atoms with E-state index in [4.69, 9.17) is 5.11 Å². The first-order chi connectivity index (χ1) is 12.3. The standard InChI is InChI=1S/C19H21N3O4/c1-12(2)22(13(3)23)11-14-4-6-16(7-5-14)21-18(24)15-8-9-20-17(10-15)19(25)26/h4-10,12H,11H2,1-3H3,(H,21,24)(H,25,26). The van der Waals surface area contributed by atoms with Gasteiger partial charge in [0.2, 0.25) is 5.91 Å². The van der Waals surface area contributed by atoms with Crippen LogP contribution in [0.15, 0.2) is 42.6 Å². The molecule has 2 aromatic rings. The van der Waals surface area contributed by atoms with Gasteiger partial charge in [-0.05, 0) is 43.7 Å².